The molecule has 0 spiro atoms. The fraction of sp³-hybridized carbons (Fsp3) is 0.375. The molecule has 112 valence electrons. The molecule has 0 aliphatic heterocycles. The zero-order valence-corrected chi connectivity index (χ0v) is 12.5. The lowest BCUT2D eigenvalue weighted by Gasteiger charge is -2.12. The van der Waals surface area contributed by atoms with Gasteiger partial charge in [0.25, 0.3) is 5.56 Å². The van der Waals surface area contributed by atoms with Gasteiger partial charge in [-0.05, 0) is 24.6 Å². The van der Waals surface area contributed by atoms with E-state index in [-0.39, 0.29) is 12.1 Å². The highest BCUT2D eigenvalue weighted by molar-refractivity contribution is 5.67. The Morgan fingerprint density at radius 2 is 2.10 bits per heavy atom. The molecule has 0 radical (unpaired) electrons. The molecule has 0 amide bonds. The van der Waals surface area contributed by atoms with E-state index in [4.69, 9.17) is 10.5 Å². The van der Waals surface area contributed by atoms with E-state index in [2.05, 4.69) is 12.0 Å². The maximum absolute atomic E-state index is 12.2. The van der Waals surface area contributed by atoms with E-state index >= 15 is 0 Å². The Morgan fingerprint density at radius 1 is 1.33 bits per heavy atom. The first-order chi connectivity index (χ1) is 10.2. The van der Waals surface area contributed by atoms with Crippen LogP contribution in [0.25, 0.3) is 11.3 Å². The van der Waals surface area contributed by atoms with Gasteiger partial charge < -0.3 is 10.5 Å². The zero-order valence-electron chi connectivity index (χ0n) is 12.5. The van der Waals surface area contributed by atoms with E-state index in [1.165, 1.54) is 4.68 Å². The van der Waals surface area contributed by atoms with E-state index in [1.807, 2.05) is 24.3 Å². The first-order valence-corrected chi connectivity index (χ1v) is 7.15. The van der Waals surface area contributed by atoms with Crippen LogP contribution in [-0.2, 0) is 13.1 Å². The predicted molar refractivity (Wildman–Crippen MR) is 83.3 cm³/mol. The Balaban J connectivity index is 2.55. The maximum Gasteiger partial charge on any atom is 0.271 e. The van der Waals surface area contributed by atoms with E-state index in [1.54, 1.807) is 13.2 Å². The van der Waals surface area contributed by atoms with Gasteiger partial charge in [-0.3, -0.25) is 4.79 Å². The molecular formula is C16H21N3O2. The monoisotopic (exact) mass is 287 g/mol. The number of nitrogens with zero attached hydrogens (tertiary/aromatic N) is 2. The number of hydrogen-bond acceptors (Lipinski definition) is 4. The van der Waals surface area contributed by atoms with Gasteiger partial charge in [0.15, 0.2) is 0 Å². The minimum absolute atomic E-state index is 0.107. The Bertz CT molecular complexity index is 665. The van der Waals surface area contributed by atoms with Gasteiger partial charge >= 0.3 is 0 Å². The van der Waals surface area contributed by atoms with Crippen LogP contribution in [0.2, 0.25) is 0 Å². The van der Waals surface area contributed by atoms with E-state index < -0.39 is 0 Å². The molecule has 2 rings (SSSR count). The van der Waals surface area contributed by atoms with Crippen molar-refractivity contribution < 1.29 is 4.74 Å². The highest BCUT2D eigenvalue weighted by Gasteiger charge is 2.12. The standard InChI is InChI=1S/C16H21N3O2/c1-3-4-9-19-16(20)12(11-17)10-14(18-19)13-7-5-6-8-15(13)21-2/h5-8,10H,3-4,9,11,17H2,1-2H3. The Hall–Kier alpha value is -2.14. The molecule has 2 N–H and O–H groups in total. The summed E-state index contributed by atoms with van der Waals surface area (Å²) in [5.74, 6) is 0.730. The SMILES string of the molecule is CCCCn1nc(-c2ccccc2OC)cc(CN)c1=O. The third-order valence-electron chi connectivity index (χ3n) is 3.37. The van der Waals surface area contributed by atoms with Crippen molar-refractivity contribution >= 4 is 0 Å². The minimum atomic E-state index is -0.107. The summed E-state index contributed by atoms with van der Waals surface area (Å²) in [4.78, 5) is 12.2. The lowest BCUT2D eigenvalue weighted by Crippen LogP contribution is -2.28. The summed E-state index contributed by atoms with van der Waals surface area (Å²) in [6, 6.07) is 9.38. The van der Waals surface area contributed by atoms with Gasteiger partial charge in [0.1, 0.15) is 5.75 Å². The Morgan fingerprint density at radius 3 is 2.76 bits per heavy atom. The summed E-state index contributed by atoms with van der Waals surface area (Å²) in [5.41, 5.74) is 7.73. The van der Waals surface area contributed by atoms with Crippen molar-refractivity contribution in [3.63, 3.8) is 0 Å². The van der Waals surface area contributed by atoms with Gasteiger partial charge in [0.05, 0.1) is 12.8 Å². The first-order valence-electron chi connectivity index (χ1n) is 7.15. The number of benzene rings is 1. The molecule has 5 nitrogen and oxygen atoms in total. The zero-order chi connectivity index (χ0) is 15.2. The van der Waals surface area contributed by atoms with Crippen molar-refractivity contribution in [1.82, 2.24) is 9.78 Å². The number of hydrogen-bond donors (Lipinski definition) is 1. The Kier molecular flexibility index (Phi) is 5.11. The van der Waals surface area contributed by atoms with Crippen LogP contribution < -0.4 is 16.0 Å². The molecule has 0 aliphatic rings. The highest BCUT2D eigenvalue weighted by atomic mass is 16.5. The van der Waals surface area contributed by atoms with Gasteiger partial charge in [0.2, 0.25) is 0 Å². The number of rotatable bonds is 6. The molecule has 5 heteroatoms. The normalized spacial score (nSPS) is 10.6. The third-order valence-corrected chi connectivity index (χ3v) is 3.37. The number of unbranched alkanes of at least 4 members (excludes halogenated alkanes) is 1. The molecule has 1 heterocycles. The molecule has 0 saturated carbocycles. The van der Waals surface area contributed by atoms with Crippen LogP contribution in [0, 0.1) is 0 Å². The highest BCUT2D eigenvalue weighted by Crippen LogP contribution is 2.27. The van der Waals surface area contributed by atoms with Crippen LogP contribution in [0.15, 0.2) is 35.1 Å². The van der Waals surface area contributed by atoms with Crippen LogP contribution in [-0.4, -0.2) is 16.9 Å². The number of ether oxygens (including phenoxy) is 1. The lowest BCUT2D eigenvalue weighted by atomic mass is 10.1. The van der Waals surface area contributed by atoms with Crippen molar-refractivity contribution in [3.8, 4) is 17.0 Å². The second-order valence-electron chi connectivity index (χ2n) is 4.84. The molecular weight excluding hydrogens is 266 g/mol. The molecule has 21 heavy (non-hydrogen) atoms. The molecule has 2 aromatic rings. The largest absolute Gasteiger partial charge is 0.496 e. The van der Waals surface area contributed by atoms with Crippen LogP contribution in [0.1, 0.15) is 25.3 Å². The van der Waals surface area contributed by atoms with Crippen molar-refractivity contribution in [2.45, 2.75) is 32.9 Å². The smallest absolute Gasteiger partial charge is 0.271 e. The van der Waals surface area contributed by atoms with Crippen LogP contribution in [0.3, 0.4) is 0 Å². The van der Waals surface area contributed by atoms with Crippen molar-refractivity contribution in [3.05, 3.63) is 46.2 Å². The number of para-hydroxylation sites is 1. The van der Waals surface area contributed by atoms with Crippen LogP contribution in [0.5, 0.6) is 5.75 Å². The summed E-state index contributed by atoms with van der Waals surface area (Å²) in [6.45, 7) is 2.89. The van der Waals surface area contributed by atoms with Gasteiger partial charge in [-0.25, -0.2) is 4.68 Å². The van der Waals surface area contributed by atoms with Crippen molar-refractivity contribution in [2.75, 3.05) is 7.11 Å². The van der Waals surface area contributed by atoms with E-state index in [9.17, 15) is 4.79 Å². The Labute approximate surface area is 124 Å². The predicted octanol–water partition coefficient (Wildman–Crippen LogP) is 2.18. The molecule has 0 atom stereocenters. The summed E-state index contributed by atoms with van der Waals surface area (Å²) < 4.78 is 6.87. The maximum atomic E-state index is 12.2. The summed E-state index contributed by atoms with van der Waals surface area (Å²) in [6.07, 6.45) is 1.91. The van der Waals surface area contributed by atoms with Gasteiger partial charge in [-0.1, -0.05) is 25.5 Å². The molecule has 0 fully saturated rings. The topological polar surface area (TPSA) is 70.1 Å². The summed E-state index contributed by atoms with van der Waals surface area (Å²) in [5, 5.41) is 4.47. The van der Waals surface area contributed by atoms with Crippen LogP contribution in [0.4, 0.5) is 0 Å². The average Bonchev–Trinajstić information content (AvgIpc) is 2.53. The van der Waals surface area contributed by atoms with Crippen molar-refractivity contribution in [1.29, 1.82) is 0 Å². The van der Waals surface area contributed by atoms with Gasteiger partial charge in [0, 0.05) is 24.2 Å². The van der Waals surface area contributed by atoms with Crippen LogP contribution >= 0.6 is 0 Å². The number of methoxy groups -OCH3 is 1. The second-order valence-corrected chi connectivity index (χ2v) is 4.84. The number of nitrogens with two attached hydrogens (primary N) is 1. The molecule has 1 aromatic heterocycles. The first kappa shape index (κ1) is 15.3. The molecule has 0 bridgehead atoms. The molecule has 0 saturated heterocycles. The summed E-state index contributed by atoms with van der Waals surface area (Å²) >= 11 is 0. The fourth-order valence-corrected chi connectivity index (χ4v) is 2.19. The number of aromatic nitrogens is 2. The fourth-order valence-electron chi connectivity index (χ4n) is 2.19. The quantitative estimate of drug-likeness (QED) is 0.884. The second kappa shape index (κ2) is 7.04. The third kappa shape index (κ3) is 3.31. The number of aryl methyl sites for hydroxylation is 1. The van der Waals surface area contributed by atoms with Gasteiger partial charge in [-0.2, -0.15) is 5.10 Å². The molecule has 0 aliphatic carbocycles. The molecule has 0 unspecified atom stereocenters. The summed E-state index contributed by atoms with van der Waals surface area (Å²) in [7, 11) is 1.62. The van der Waals surface area contributed by atoms with E-state index in [0.29, 0.717) is 17.8 Å². The average molecular weight is 287 g/mol. The van der Waals surface area contributed by atoms with E-state index in [0.717, 1.165) is 24.2 Å². The molecule has 1 aromatic carbocycles. The minimum Gasteiger partial charge on any atom is -0.496 e. The lowest BCUT2D eigenvalue weighted by molar-refractivity contribution is 0.416. The van der Waals surface area contributed by atoms with Gasteiger partial charge in [-0.15, -0.1) is 0 Å². The van der Waals surface area contributed by atoms with Crippen molar-refractivity contribution in [2.24, 2.45) is 5.73 Å².